The summed E-state index contributed by atoms with van der Waals surface area (Å²) in [6.07, 6.45) is 5.45. The van der Waals surface area contributed by atoms with Crippen LogP contribution in [0.15, 0.2) is 17.7 Å². The second-order valence-electron chi connectivity index (χ2n) is 1.72. The van der Waals surface area contributed by atoms with Gasteiger partial charge < -0.3 is 0 Å². The van der Waals surface area contributed by atoms with Gasteiger partial charge in [0.25, 0.3) is 0 Å². The minimum absolute atomic E-state index is 0. The van der Waals surface area contributed by atoms with E-state index in [0.29, 0.717) is 0 Å². The van der Waals surface area contributed by atoms with Crippen molar-refractivity contribution in [3.63, 3.8) is 0 Å². The molecule has 1 aliphatic heterocycles. The van der Waals surface area contributed by atoms with Crippen molar-refractivity contribution >= 4 is 16.2 Å². The Morgan fingerprint density at radius 1 is 1.33 bits per heavy atom. The molecule has 1 rings (SSSR count). The minimum atomic E-state index is 0. The third-order valence-corrected chi connectivity index (χ3v) is 2.43. The summed E-state index contributed by atoms with van der Waals surface area (Å²) >= 11 is 3.29. The fraction of sp³-hybridized carbons (Fsp3) is 0.286. The van der Waals surface area contributed by atoms with Crippen LogP contribution < -0.4 is 0 Å². The molecule has 0 N–H and O–H groups in total. The van der Waals surface area contributed by atoms with Crippen LogP contribution in [0.5, 0.6) is 0 Å². The van der Waals surface area contributed by atoms with Crippen molar-refractivity contribution in [2.24, 2.45) is 0 Å². The van der Waals surface area contributed by atoms with Crippen LogP contribution in [0.2, 0.25) is 0 Å². The first-order valence-corrected chi connectivity index (χ1v) is 5.47. The van der Waals surface area contributed by atoms with Crippen LogP contribution in [-0.2, 0) is 82.5 Å². The molecule has 0 fully saturated rings. The van der Waals surface area contributed by atoms with Crippen LogP contribution in [0.1, 0.15) is 6.42 Å². The average Bonchev–Trinajstić information content (AvgIpc) is 2.34. The van der Waals surface area contributed by atoms with Crippen molar-refractivity contribution < 1.29 is 82.5 Å². The average molecular weight is 859 g/mol. The summed E-state index contributed by atoms with van der Waals surface area (Å²) in [4.78, 5) is 0. The molecule has 1 heterocycles. The van der Waals surface area contributed by atoms with E-state index in [1.165, 1.54) is 37.1 Å². The molecule has 0 spiro atoms. The quantitative estimate of drug-likeness (QED) is 0.382. The molecule has 0 atom stereocenters. The fourth-order valence-electron chi connectivity index (χ4n) is 0.629. The van der Waals surface area contributed by atoms with Crippen LogP contribution in [0.3, 0.4) is 0 Å². The Bertz CT molecular complexity index is 165. The van der Waals surface area contributed by atoms with E-state index in [0.717, 1.165) is 0 Å². The number of rotatable bonds is 2. The van der Waals surface area contributed by atoms with Crippen LogP contribution in [0, 0.1) is 5.41 Å². The summed E-state index contributed by atoms with van der Waals surface area (Å²) in [6, 6.07) is 0. The number of hydrogen-bond acceptors (Lipinski definition) is 1. The van der Waals surface area contributed by atoms with Gasteiger partial charge in [-0.2, -0.15) is 0 Å². The third-order valence-electron chi connectivity index (χ3n) is 1.05. The van der Waals surface area contributed by atoms with Gasteiger partial charge in [-0.1, -0.05) is 0 Å². The van der Waals surface area contributed by atoms with Gasteiger partial charge in [-0.05, 0) is 0 Å². The molecule has 0 unspecified atom stereocenters. The second-order valence-corrected chi connectivity index (χ2v) is 3.60. The van der Waals surface area contributed by atoms with Crippen molar-refractivity contribution in [3.05, 3.63) is 23.1 Å². The van der Waals surface area contributed by atoms with E-state index in [1.807, 2.05) is 0 Å². The van der Waals surface area contributed by atoms with E-state index in [2.05, 4.69) is 22.0 Å². The molecule has 12 heavy (non-hydrogen) atoms. The molecule has 0 aromatic carbocycles. The standard InChI is InChI=1S/C7H7S.4W/c1-2-3-7-4-5-8-6-7;;;;/h1-3H,4-5H2;;;;/q-1;;;;/b3-2-;;;;. The monoisotopic (exact) mass is 859 g/mol. The van der Waals surface area contributed by atoms with Crippen LogP contribution in [-0.4, -0.2) is 10.2 Å². The SMILES string of the molecule is [W].[W].[W].[W]=[CH]/C=C\C1=[C-]SCC1. The van der Waals surface area contributed by atoms with Gasteiger partial charge >= 0.3 is 70.8 Å². The zero-order valence-electron chi connectivity index (χ0n) is 6.19. The van der Waals surface area contributed by atoms with Crippen LogP contribution >= 0.6 is 11.8 Å². The van der Waals surface area contributed by atoms with Crippen molar-refractivity contribution in [2.45, 2.75) is 6.42 Å². The van der Waals surface area contributed by atoms with Gasteiger partial charge in [-0.25, -0.2) is 0 Å². The van der Waals surface area contributed by atoms with E-state index in [-0.39, 0.29) is 63.2 Å². The first kappa shape index (κ1) is 19.9. The fourth-order valence-corrected chi connectivity index (χ4v) is 1.69. The Labute approximate surface area is 132 Å². The molecule has 0 radical (unpaired) electrons. The molecule has 1 aliphatic rings. The summed E-state index contributed by atoms with van der Waals surface area (Å²) in [5.41, 5.74) is 1.36. The van der Waals surface area contributed by atoms with E-state index in [4.69, 9.17) is 0 Å². The van der Waals surface area contributed by atoms with Gasteiger partial charge in [0, 0.05) is 63.2 Å². The maximum atomic E-state index is 3.23. The predicted molar refractivity (Wildman–Crippen MR) is 39.0 cm³/mol. The number of allylic oxidation sites excluding steroid dienone is 3. The maximum absolute atomic E-state index is 3.23. The Morgan fingerprint density at radius 3 is 2.42 bits per heavy atom. The summed E-state index contributed by atoms with van der Waals surface area (Å²) < 4.78 is 2.12. The Kier molecular flexibility index (Phi) is 22.4. The molecule has 0 nitrogen and oxygen atoms in total. The summed E-state index contributed by atoms with van der Waals surface area (Å²) in [6.45, 7) is 0. The molecule has 0 aliphatic carbocycles. The van der Waals surface area contributed by atoms with Crippen LogP contribution in [0.25, 0.3) is 0 Å². The predicted octanol–water partition coefficient (Wildman–Crippen LogP) is 1.71. The number of thioether (sulfide) groups is 1. The molecule has 5 heteroatoms. The van der Waals surface area contributed by atoms with E-state index >= 15 is 0 Å². The molecular formula is C7H7SW4-. The molecule has 0 amide bonds. The first-order valence-electron chi connectivity index (χ1n) is 2.79. The van der Waals surface area contributed by atoms with Crippen molar-refractivity contribution in [1.29, 1.82) is 0 Å². The summed E-state index contributed by atoms with van der Waals surface area (Å²) in [5.74, 6) is 1.22. The van der Waals surface area contributed by atoms with Crippen molar-refractivity contribution in [3.8, 4) is 0 Å². The van der Waals surface area contributed by atoms with E-state index in [9.17, 15) is 0 Å². The summed E-state index contributed by atoms with van der Waals surface area (Å²) in [7, 11) is 0. The molecule has 0 saturated heterocycles. The second kappa shape index (κ2) is 13.5. The number of hydrogen-bond donors (Lipinski definition) is 0. The molecule has 0 saturated carbocycles. The van der Waals surface area contributed by atoms with Gasteiger partial charge in [0.15, 0.2) is 0 Å². The van der Waals surface area contributed by atoms with E-state index in [1.54, 1.807) is 11.8 Å². The first-order chi connectivity index (χ1) is 4.43. The Morgan fingerprint density at radius 2 is 2.00 bits per heavy atom. The van der Waals surface area contributed by atoms with Crippen molar-refractivity contribution in [1.82, 2.24) is 0 Å². The summed E-state index contributed by atoms with van der Waals surface area (Å²) in [5, 5.41) is 3.23. The molecular weight excluding hydrogens is 852 g/mol. The zero-order chi connectivity index (χ0) is 6.53. The van der Waals surface area contributed by atoms with Gasteiger partial charge in [0.2, 0.25) is 0 Å². The van der Waals surface area contributed by atoms with Gasteiger partial charge in [-0.15, -0.1) is 0 Å². The zero-order valence-corrected chi connectivity index (χ0v) is 18.7. The van der Waals surface area contributed by atoms with Gasteiger partial charge in [0.1, 0.15) is 0 Å². The topological polar surface area (TPSA) is 0 Å². The molecule has 0 aromatic rings. The molecule has 0 bridgehead atoms. The van der Waals surface area contributed by atoms with Gasteiger partial charge in [-0.3, -0.25) is 0 Å². The van der Waals surface area contributed by atoms with Crippen molar-refractivity contribution in [2.75, 3.05) is 5.75 Å². The Balaban J connectivity index is -0.000000270. The Hall–Kier alpha value is 2.45. The van der Waals surface area contributed by atoms with E-state index < -0.39 is 0 Å². The molecule has 66 valence electrons. The van der Waals surface area contributed by atoms with Crippen LogP contribution in [0.4, 0.5) is 0 Å². The normalized spacial score (nSPS) is 13.8. The third kappa shape index (κ3) is 9.03. The van der Waals surface area contributed by atoms with Gasteiger partial charge in [0.05, 0.1) is 0 Å². The molecule has 0 aromatic heterocycles.